The third-order valence-corrected chi connectivity index (χ3v) is 3.08. The van der Waals surface area contributed by atoms with Crippen LogP contribution in [0.25, 0.3) is 11.2 Å². The zero-order chi connectivity index (χ0) is 12.7. The molecule has 3 heterocycles. The molecule has 0 bridgehead atoms. The van der Waals surface area contributed by atoms with Crippen LogP contribution in [0.1, 0.15) is 12.6 Å². The lowest BCUT2D eigenvalue weighted by molar-refractivity contribution is -0.0432. The molecule has 0 unspecified atom stereocenters. The first kappa shape index (κ1) is 11.3. The van der Waals surface area contributed by atoms with E-state index in [0.717, 1.165) is 0 Å². The smallest absolute Gasteiger partial charge is 0.167 e. The first-order valence-electron chi connectivity index (χ1n) is 5.58. The minimum atomic E-state index is -0.698. The number of anilines is 1. The number of aliphatic hydroxyl groups is 2. The summed E-state index contributed by atoms with van der Waals surface area (Å²) in [6.45, 7) is -0.221. The molecule has 18 heavy (non-hydrogen) atoms. The number of ether oxygens (including phenoxy) is 1. The zero-order valence-electron chi connectivity index (χ0n) is 9.47. The number of hydrogen-bond donors (Lipinski definition) is 3. The molecule has 1 fully saturated rings. The van der Waals surface area contributed by atoms with Gasteiger partial charge in [-0.15, -0.1) is 0 Å². The molecule has 3 atom stereocenters. The van der Waals surface area contributed by atoms with E-state index in [9.17, 15) is 5.11 Å². The van der Waals surface area contributed by atoms with Crippen molar-refractivity contribution in [3.63, 3.8) is 0 Å². The molecular formula is C10H13N5O3. The number of nitrogens with two attached hydrogens (primary N) is 1. The van der Waals surface area contributed by atoms with Gasteiger partial charge in [-0.2, -0.15) is 0 Å². The van der Waals surface area contributed by atoms with Crippen LogP contribution in [0.3, 0.4) is 0 Å². The molecule has 8 heteroatoms. The second kappa shape index (κ2) is 4.16. The first-order valence-corrected chi connectivity index (χ1v) is 5.58. The van der Waals surface area contributed by atoms with Crippen molar-refractivity contribution in [3.8, 4) is 0 Å². The Labute approximate surface area is 102 Å². The van der Waals surface area contributed by atoms with E-state index in [0.29, 0.717) is 23.4 Å². The van der Waals surface area contributed by atoms with Crippen molar-refractivity contribution in [2.75, 3.05) is 12.3 Å². The third kappa shape index (κ3) is 1.62. The van der Waals surface area contributed by atoms with Gasteiger partial charge < -0.3 is 20.7 Å². The molecule has 0 saturated carbocycles. The Bertz CT molecular complexity index is 572. The van der Waals surface area contributed by atoms with Gasteiger partial charge in [-0.25, -0.2) is 15.0 Å². The summed E-state index contributed by atoms with van der Waals surface area (Å²) < 4.78 is 7.22. The topological polar surface area (TPSA) is 119 Å². The molecule has 1 saturated heterocycles. The lowest BCUT2D eigenvalue weighted by Gasteiger charge is -2.13. The van der Waals surface area contributed by atoms with Gasteiger partial charge in [-0.3, -0.25) is 4.57 Å². The van der Waals surface area contributed by atoms with Crippen LogP contribution >= 0.6 is 0 Å². The molecule has 1 aliphatic heterocycles. The van der Waals surface area contributed by atoms with E-state index < -0.39 is 18.4 Å². The monoisotopic (exact) mass is 253 g/mol. The Hall–Kier alpha value is -1.77. The van der Waals surface area contributed by atoms with Crippen molar-refractivity contribution < 1.29 is 14.9 Å². The van der Waals surface area contributed by atoms with Gasteiger partial charge in [0.2, 0.25) is 0 Å². The SMILES string of the molecule is [15NH2]c1ncnc2c1nc[15n]2[C@H]1C[C@H](O)[C@@H](CO)O1. The average Bonchev–Trinajstić information content (AvgIpc) is 2.93. The van der Waals surface area contributed by atoms with Gasteiger partial charge in [0.1, 0.15) is 24.2 Å². The van der Waals surface area contributed by atoms with Crippen LogP contribution in [0.5, 0.6) is 0 Å². The third-order valence-electron chi connectivity index (χ3n) is 3.08. The summed E-state index contributed by atoms with van der Waals surface area (Å²) in [5.74, 6) is 0.302. The molecule has 96 valence electrons. The summed E-state index contributed by atoms with van der Waals surface area (Å²) in [5, 5.41) is 18.8. The summed E-state index contributed by atoms with van der Waals surface area (Å²) in [7, 11) is 0. The molecule has 0 amide bonds. The van der Waals surface area contributed by atoms with Gasteiger partial charge in [0.05, 0.1) is 19.0 Å². The molecule has 0 spiro atoms. The van der Waals surface area contributed by atoms with E-state index >= 15 is 0 Å². The molecule has 3 rings (SSSR count). The molecule has 0 aliphatic carbocycles. The maximum atomic E-state index is 9.71. The second-order valence-corrected chi connectivity index (χ2v) is 4.20. The van der Waals surface area contributed by atoms with E-state index in [1.165, 1.54) is 6.33 Å². The maximum absolute atomic E-state index is 9.71. The zero-order valence-corrected chi connectivity index (χ0v) is 9.47. The molecule has 8 nitrogen and oxygen atoms in total. The quantitative estimate of drug-likeness (QED) is 0.590. The van der Waals surface area contributed by atoms with Crippen LogP contribution in [0, 0.1) is 0 Å². The lowest BCUT2D eigenvalue weighted by atomic mass is 10.2. The largest absolute Gasteiger partial charge is 0.394 e. The Morgan fingerprint density at radius 1 is 1.44 bits per heavy atom. The van der Waals surface area contributed by atoms with Gasteiger partial charge in [-0.1, -0.05) is 0 Å². The Balaban J connectivity index is 1.99. The fourth-order valence-electron chi connectivity index (χ4n) is 2.13. The van der Waals surface area contributed by atoms with Crippen molar-refractivity contribution in [1.82, 2.24) is 19.5 Å². The van der Waals surface area contributed by atoms with E-state index in [1.54, 1.807) is 10.9 Å². The standard InChI is InChI=1S/C10H13N5O3/c11-9-8-10(13-3-12-9)15(4-14-8)7-1-5(17)6(2-16)18-7/h3-7,16-17H,1-2H2,(H2,11,12,13)/t5-,6+,7+/m0/s1/i11+1,15+1. The highest BCUT2D eigenvalue weighted by molar-refractivity contribution is 5.81. The van der Waals surface area contributed by atoms with Crippen molar-refractivity contribution in [1.29, 1.82) is 0 Å². The minimum absolute atomic E-state index is 0.221. The normalized spacial score (nSPS) is 28.0. The summed E-state index contributed by atoms with van der Waals surface area (Å²) in [6.07, 6.45) is 1.60. The second-order valence-electron chi connectivity index (χ2n) is 4.20. The number of imidazole rings is 1. The minimum Gasteiger partial charge on any atom is -0.394 e. The highest BCUT2D eigenvalue weighted by atomic mass is 16.6. The van der Waals surface area contributed by atoms with E-state index in [1.807, 2.05) is 0 Å². The summed E-state index contributed by atoms with van der Waals surface area (Å²) in [6, 6.07) is 0. The fourth-order valence-corrected chi connectivity index (χ4v) is 2.13. The number of aromatic nitrogens is 4. The van der Waals surface area contributed by atoms with E-state index in [-0.39, 0.29) is 6.61 Å². The number of nitrogens with zero attached hydrogens (tertiary/aromatic N) is 4. The van der Waals surface area contributed by atoms with Crippen LogP contribution in [0.15, 0.2) is 12.7 Å². The van der Waals surface area contributed by atoms with Crippen molar-refractivity contribution in [2.45, 2.75) is 24.9 Å². The number of nitrogen functional groups attached to an aromatic ring is 1. The van der Waals surface area contributed by atoms with Crippen molar-refractivity contribution in [2.24, 2.45) is 0 Å². The van der Waals surface area contributed by atoms with Crippen LogP contribution < -0.4 is 5.73 Å². The molecule has 1 aliphatic rings. The molecule has 2 aromatic rings. The van der Waals surface area contributed by atoms with Crippen molar-refractivity contribution >= 4 is 17.0 Å². The lowest BCUT2D eigenvalue weighted by Crippen LogP contribution is -2.24. The summed E-state index contributed by atoms with van der Waals surface area (Å²) in [5.41, 5.74) is 6.75. The Kier molecular flexibility index (Phi) is 2.62. The summed E-state index contributed by atoms with van der Waals surface area (Å²) >= 11 is 0. The fraction of sp³-hybridized carbons (Fsp3) is 0.500. The van der Waals surface area contributed by atoms with Crippen LogP contribution in [0.2, 0.25) is 0 Å². The predicted molar refractivity (Wildman–Crippen MR) is 61.4 cm³/mol. The number of rotatable bonds is 2. The first-order chi connectivity index (χ1) is 8.70. The predicted octanol–water partition coefficient (Wildman–Crippen LogP) is -0.951. The number of fused-ring (bicyclic) bond motifs is 1. The van der Waals surface area contributed by atoms with Crippen molar-refractivity contribution in [3.05, 3.63) is 12.7 Å². The van der Waals surface area contributed by atoms with E-state index in [2.05, 4.69) is 15.0 Å². The van der Waals surface area contributed by atoms with Crippen LogP contribution in [-0.4, -0.2) is 48.5 Å². The van der Waals surface area contributed by atoms with Crippen LogP contribution in [0.4, 0.5) is 5.82 Å². The number of hydrogen-bond acceptors (Lipinski definition) is 7. The maximum Gasteiger partial charge on any atom is 0.167 e. The number of aliphatic hydroxyl groups excluding tert-OH is 2. The average molecular weight is 253 g/mol. The highest BCUT2D eigenvalue weighted by Gasteiger charge is 2.35. The highest BCUT2D eigenvalue weighted by Crippen LogP contribution is 2.30. The molecule has 4 N–H and O–H groups in total. The molecule has 2 aromatic heterocycles. The molecular weight excluding hydrogens is 240 g/mol. The van der Waals surface area contributed by atoms with Gasteiger partial charge in [0, 0.05) is 6.42 Å². The van der Waals surface area contributed by atoms with Gasteiger partial charge in [-0.05, 0) is 0 Å². The molecule has 0 aromatic carbocycles. The summed E-state index contributed by atoms with van der Waals surface area (Å²) in [4.78, 5) is 12.1. The van der Waals surface area contributed by atoms with Gasteiger partial charge >= 0.3 is 0 Å². The van der Waals surface area contributed by atoms with Gasteiger partial charge in [0.25, 0.3) is 0 Å². The van der Waals surface area contributed by atoms with E-state index in [4.69, 9.17) is 15.6 Å². The Morgan fingerprint density at radius 2 is 2.28 bits per heavy atom. The Morgan fingerprint density at radius 3 is 3.00 bits per heavy atom. The van der Waals surface area contributed by atoms with Crippen LogP contribution in [-0.2, 0) is 4.74 Å². The van der Waals surface area contributed by atoms with Gasteiger partial charge in [0.15, 0.2) is 11.5 Å². The molecule has 0 radical (unpaired) electrons.